The molecule has 0 amide bonds. The molecule has 2 heteroatoms. The third kappa shape index (κ3) is 3.49. The van der Waals surface area contributed by atoms with Crippen molar-refractivity contribution >= 4 is 0 Å². The Balaban J connectivity index is 1.86. The summed E-state index contributed by atoms with van der Waals surface area (Å²) < 4.78 is 6.00. The summed E-state index contributed by atoms with van der Waals surface area (Å²) in [5, 5.41) is 9.45. The van der Waals surface area contributed by atoms with Gasteiger partial charge in [-0.2, -0.15) is 0 Å². The molecule has 1 aliphatic carbocycles. The largest absolute Gasteiger partial charge is 0.490 e. The fraction of sp³-hybridized carbons (Fsp3) is 0.625. The van der Waals surface area contributed by atoms with Gasteiger partial charge in [-0.05, 0) is 56.2 Å². The SMILES string of the molecule is CCC1CCC(Oc2ccc([C@H](C)O)cc2)CC1. The quantitative estimate of drug-likeness (QED) is 0.869. The predicted molar refractivity (Wildman–Crippen MR) is 73.7 cm³/mol. The van der Waals surface area contributed by atoms with Crippen LogP contribution in [0.25, 0.3) is 0 Å². The van der Waals surface area contributed by atoms with Crippen LogP contribution >= 0.6 is 0 Å². The Kier molecular flexibility index (Phi) is 4.65. The Labute approximate surface area is 110 Å². The van der Waals surface area contributed by atoms with Gasteiger partial charge in [-0.25, -0.2) is 0 Å². The zero-order valence-electron chi connectivity index (χ0n) is 11.4. The van der Waals surface area contributed by atoms with E-state index in [1.807, 2.05) is 24.3 Å². The highest BCUT2D eigenvalue weighted by Crippen LogP contribution is 2.29. The van der Waals surface area contributed by atoms with Gasteiger partial charge in [0, 0.05) is 0 Å². The van der Waals surface area contributed by atoms with E-state index in [2.05, 4.69) is 6.92 Å². The number of ether oxygens (including phenoxy) is 1. The van der Waals surface area contributed by atoms with Crippen LogP contribution in [0, 0.1) is 5.92 Å². The van der Waals surface area contributed by atoms with Crippen molar-refractivity contribution in [1.82, 2.24) is 0 Å². The lowest BCUT2D eigenvalue weighted by molar-refractivity contribution is 0.130. The lowest BCUT2D eigenvalue weighted by Crippen LogP contribution is -2.23. The molecule has 1 fully saturated rings. The maximum Gasteiger partial charge on any atom is 0.119 e. The minimum atomic E-state index is -0.404. The lowest BCUT2D eigenvalue weighted by Gasteiger charge is -2.28. The van der Waals surface area contributed by atoms with Gasteiger partial charge in [-0.1, -0.05) is 25.5 Å². The van der Waals surface area contributed by atoms with Crippen molar-refractivity contribution in [3.8, 4) is 5.75 Å². The maximum absolute atomic E-state index is 9.45. The molecule has 1 N–H and O–H groups in total. The van der Waals surface area contributed by atoms with Crippen LogP contribution < -0.4 is 4.74 Å². The Morgan fingerprint density at radius 2 is 1.78 bits per heavy atom. The molecule has 0 bridgehead atoms. The number of aliphatic hydroxyl groups is 1. The molecular formula is C16H24O2. The average molecular weight is 248 g/mol. The van der Waals surface area contributed by atoms with Gasteiger partial charge in [0.25, 0.3) is 0 Å². The summed E-state index contributed by atoms with van der Waals surface area (Å²) in [6.45, 7) is 4.06. The standard InChI is InChI=1S/C16H24O2/c1-3-13-4-8-15(9-5-13)18-16-10-6-14(7-11-16)12(2)17/h6-7,10-13,15,17H,3-5,8-9H2,1-2H3/t12-,13?,15?/m0/s1. The van der Waals surface area contributed by atoms with Gasteiger partial charge in [0.15, 0.2) is 0 Å². The second-order valence-corrected chi connectivity index (χ2v) is 5.41. The molecule has 100 valence electrons. The van der Waals surface area contributed by atoms with Crippen molar-refractivity contribution in [3.63, 3.8) is 0 Å². The van der Waals surface area contributed by atoms with E-state index in [9.17, 15) is 5.11 Å². The van der Waals surface area contributed by atoms with E-state index in [-0.39, 0.29) is 0 Å². The first-order chi connectivity index (χ1) is 8.69. The molecule has 1 aromatic carbocycles. The minimum Gasteiger partial charge on any atom is -0.490 e. The predicted octanol–water partition coefficient (Wildman–Crippen LogP) is 4.09. The summed E-state index contributed by atoms with van der Waals surface area (Å²) in [7, 11) is 0. The van der Waals surface area contributed by atoms with Crippen LogP contribution in [0.15, 0.2) is 24.3 Å². The lowest BCUT2D eigenvalue weighted by atomic mass is 9.86. The van der Waals surface area contributed by atoms with Crippen molar-refractivity contribution in [1.29, 1.82) is 0 Å². The van der Waals surface area contributed by atoms with Gasteiger partial charge < -0.3 is 9.84 Å². The van der Waals surface area contributed by atoms with Gasteiger partial charge in [-0.15, -0.1) is 0 Å². The number of aliphatic hydroxyl groups excluding tert-OH is 1. The summed E-state index contributed by atoms with van der Waals surface area (Å²) >= 11 is 0. The smallest absolute Gasteiger partial charge is 0.119 e. The van der Waals surface area contributed by atoms with Gasteiger partial charge in [-0.3, -0.25) is 0 Å². The van der Waals surface area contributed by atoms with Gasteiger partial charge in [0.2, 0.25) is 0 Å². The van der Waals surface area contributed by atoms with Crippen molar-refractivity contribution in [2.75, 3.05) is 0 Å². The molecule has 1 saturated carbocycles. The van der Waals surface area contributed by atoms with Crippen LogP contribution in [0.3, 0.4) is 0 Å². The molecule has 0 radical (unpaired) electrons. The van der Waals surface area contributed by atoms with Crippen molar-refractivity contribution in [2.24, 2.45) is 5.92 Å². The van der Waals surface area contributed by atoms with Crippen LogP contribution in [0.2, 0.25) is 0 Å². The molecule has 2 nitrogen and oxygen atoms in total. The second kappa shape index (κ2) is 6.24. The average Bonchev–Trinajstić information content (AvgIpc) is 2.40. The topological polar surface area (TPSA) is 29.5 Å². The van der Waals surface area contributed by atoms with E-state index in [1.54, 1.807) is 6.92 Å². The Hall–Kier alpha value is -1.02. The summed E-state index contributed by atoms with van der Waals surface area (Å²) in [6.07, 6.45) is 6.23. The zero-order valence-corrected chi connectivity index (χ0v) is 11.4. The molecule has 0 heterocycles. The molecule has 0 aromatic heterocycles. The molecule has 0 saturated heterocycles. The summed E-state index contributed by atoms with van der Waals surface area (Å²) in [6, 6.07) is 7.82. The number of benzene rings is 1. The normalized spacial score (nSPS) is 25.7. The van der Waals surface area contributed by atoms with Crippen molar-refractivity contribution in [3.05, 3.63) is 29.8 Å². The molecule has 1 aliphatic rings. The summed E-state index contributed by atoms with van der Waals surface area (Å²) in [5.41, 5.74) is 0.942. The van der Waals surface area contributed by atoms with Crippen LogP contribution in [-0.4, -0.2) is 11.2 Å². The number of hydrogen-bond donors (Lipinski definition) is 1. The molecule has 1 aromatic rings. The first-order valence-electron chi connectivity index (χ1n) is 7.13. The minimum absolute atomic E-state index is 0.380. The van der Waals surface area contributed by atoms with Gasteiger partial charge in [0.1, 0.15) is 5.75 Å². The second-order valence-electron chi connectivity index (χ2n) is 5.41. The van der Waals surface area contributed by atoms with E-state index < -0.39 is 6.10 Å². The third-order valence-electron chi connectivity index (χ3n) is 4.04. The van der Waals surface area contributed by atoms with Gasteiger partial charge in [0.05, 0.1) is 12.2 Å². The van der Waals surface area contributed by atoms with Crippen molar-refractivity contribution < 1.29 is 9.84 Å². The highest BCUT2D eigenvalue weighted by Gasteiger charge is 2.21. The van der Waals surface area contributed by atoms with Gasteiger partial charge >= 0.3 is 0 Å². The zero-order chi connectivity index (χ0) is 13.0. The van der Waals surface area contributed by atoms with E-state index in [4.69, 9.17) is 4.74 Å². The van der Waals surface area contributed by atoms with Crippen molar-refractivity contribution in [2.45, 2.75) is 58.2 Å². The molecule has 0 unspecified atom stereocenters. The number of hydrogen-bond acceptors (Lipinski definition) is 2. The molecule has 18 heavy (non-hydrogen) atoms. The molecule has 0 spiro atoms. The van der Waals surface area contributed by atoms with E-state index >= 15 is 0 Å². The summed E-state index contributed by atoms with van der Waals surface area (Å²) in [4.78, 5) is 0. The Morgan fingerprint density at radius 3 is 2.28 bits per heavy atom. The van der Waals surface area contributed by atoms with E-state index in [1.165, 1.54) is 32.1 Å². The molecular weight excluding hydrogens is 224 g/mol. The highest BCUT2D eigenvalue weighted by atomic mass is 16.5. The van der Waals surface area contributed by atoms with Crippen LogP contribution in [0.1, 0.15) is 57.6 Å². The summed E-state index contributed by atoms with van der Waals surface area (Å²) in [5.74, 6) is 1.84. The molecule has 2 rings (SSSR count). The highest BCUT2D eigenvalue weighted by molar-refractivity contribution is 5.28. The first-order valence-corrected chi connectivity index (χ1v) is 7.13. The number of rotatable bonds is 4. The van der Waals surface area contributed by atoms with E-state index in [0.29, 0.717) is 6.10 Å². The van der Waals surface area contributed by atoms with Crippen LogP contribution in [0.5, 0.6) is 5.75 Å². The fourth-order valence-electron chi connectivity index (χ4n) is 2.68. The van der Waals surface area contributed by atoms with Crippen LogP contribution in [-0.2, 0) is 0 Å². The fourth-order valence-corrected chi connectivity index (χ4v) is 2.68. The first kappa shape index (κ1) is 13.4. The monoisotopic (exact) mass is 248 g/mol. The molecule has 0 aliphatic heterocycles. The van der Waals surface area contributed by atoms with E-state index in [0.717, 1.165) is 17.2 Å². The maximum atomic E-state index is 9.45. The Morgan fingerprint density at radius 1 is 1.17 bits per heavy atom. The molecule has 1 atom stereocenters. The Bertz CT molecular complexity index is 348. The van der Waals surface area contributed by atoms with Crippen LogP contribution in [0.4, 0.5) is 0 Å². The third-order valence-corrected chi connectivity index (χ3v) is 4.04.